The molecule has 38 heavy (non-hydrogen) atoms. The average molecular weight is 591 g/mol. The predicted octanol–water partition coefficient (Wildman–Crippen LogP) is 8.05. The number of carbonyl (C=O) groups is 1. The van der Waals surface area contributed by atoms with Crippen LogP contribution < -0.4 is 9.47 Å². The van der Waals surface area contributed by atoms with Crippen molar-refractivity contribution in [1.82, 2.24) is 0 Å². The van der Waals surface area contributed by atoms with Gasteiger partial charge in [-0.25, -0.2) is 0 Å². The number of esters is 1. The summed E-state index contributed by atoms with van der Waals surface area (Å²) in [4.78, 5) is 11.8. The zero-order chi connectivity index (χ0) is 29.1. The van der Waals surface area contributed by atoms with Crippen molar-refractivity contribution in [2.24, 2.45) is 0 Å². The Morgan fingerprint density at radius 1 is 0.711 bits per heavy atom. The molecule has 0 amide bonds. The van der Waals surface area contributed by atoms with Gasteiger partial charge in [-0.3, -0.25) is 4.79 Å². The van der Waals surface area contributed by atoms with E-state index in [0.29, 0.717) is 5.75 Å². The molecule has 0 fully saturated rings. The number of hydrogen-bond acceptors (Lipinski definition) is 5. The van der Waals surface area contributed by atoms with E-state index in [9.17, 15) is 4.79 Å². The number of methoxy groups -OCH3 is 1. The third-order valence-corrected chi connectivity index (χ3v) is 17.8. The molecule has 0 saturated carbocycles. The molecule has 212 valence electrons. The smallest absolute Gasteiger partial charge is 0.308 e. The van der Waals surface area contributed by atoms with Crippen molar-refractivity contribution in [2.75, 3.05) is 7.11 Å². The van der Waals surface area contributed by atoms with E-state index in [0.717, 1.165) is 23.4 Å². The molecule has 5 nitrogen and oxygen atoms in total. The quantitative estimate of drug-likeness (QED) is 0.142. The molecule has 0 aliphatic rings. The highest BCUT2D eigenvalue weighted by Gasteiger charge is 2.32. The van der Waals surface area contributed by atoms with Gasteiger partial charge in [-0.05, 0) is 112 Å². The van der Waals surface area contributed by atoms with E-state index in [2.05, 4.69) is 103 Å². The molecule has 0 N–H and O–H groups in total. The van der Waals surface area contributed by atoms with Crippen LogP contribution in [-0.4, -0.2) is 46.3 Å². The van der Waals surface area contributed by atoms with Gasteiger partial charge in [0.2, 0.25) is 0 Å². The van der Waals surface area contributed by atoms with Crippen LogP contribution in [0, 0.1) is 0 Å². The van der Waals surface area contributed by atoms with E-state index in [1.165, 1.54) is 23.6 Å². The fourth-order valence-electron chi connectivity index (χ4n) is 5.31. The zero-order valence-corrected chi connectivity index (χ0v) is 30.0. The SMILES string of the molecule is COc1ccc(C(C)c2ccc(OC(C)=O)c(C[Si](C)(C)O[Si](C)(C)C)c2)cc1C[Si](C)(C)O[Si](C)(C)C. The highest BCUT2D eigenvalue weighted by molar-refractivity contribution is 6.84. The molecular weight excluding hydrogens is 541 g/mol. The average Bonchev–Trinajstić information content (AvgIpc) is 2.70. The van der Waals surface area contributed by atoms with E-state index < -0.39 is 33.3 Å². The molecule has 1 atom stereocenters. The summed E-state index contributed by atoms with van der Waals surface area (Å²) in [6.45, 7) is 26.3. The second-order valence-electron chi connectivity index (χ2n) is 13.6. The lowest BCUT2D eigenvalue weighted by molar-refractivity contribution is -0.131. The van der Waals surface area contributed by atoms with Crippen LogP contribution in [0.5, 0.6) is 11.5 Å². The van der Waals surface area contributed by atoms with Gasteiger partial charge in [0, 0.05) is 12.8 Å². The topological polar surface area (TPSA) is 54.0 Å². The summed E-state index contributed by atoms with van der Waals surface area (Å²) in [5.74, 6) is 1.42. The molecule has 0 aromatic heterocycles. The third-order valence-electron chi connectivity index (χ3n) is 6.04. The minimum Gasteiger partial charge on any atom is -0.496 e. The maximum absolute atomic E-state index is 11.8. The molecule has 9 heteroatoms. The van der Waals surface area contributed by atoms with E-state index >= 15 is 0 Å². The van der Waals surface area contributed by atoms with E-state index in [1.54, 1.807) is 7.11 Å². The Morgan fingerprint density at radius 3 is 1.47 bits per heavy atom. The van der Waals surface area contributed by atoms with Crippen LogP contribution in [0.1, 0.15) is 42.0 Å². The Balaban J connectivity index is 2.46. The summed E-state index contributed by atoms with van der Waals surface area (Å²) in [6.07, 6.45) is 0. The second-order valence-corrected chi connectivity index (χ2v) is 31.4. The molecular formula is C29H50O5Si4. The highest BCUT2D eigenvalue weighted by atomic mass is 28.4. The number of rotatable bonds is 12. The fourth-order valence-corrected chi connectivity index (χ4v) is 21.5. The van der Waals surface area contributed by atoms with E-state index in [1.807, 2.05) is 6.07 Å². The monoisotopic (exact) mass is 590 g/mol. The van der Waals surface area contributed by atoms with Gasteiger partial charge >= 0.3 is 5.97 Å². The van der Waals surface area contributed by atoms with Crippen LogP contribution in [-0.2, 0) is 25.1 Å². The van der Waals surface area contributed by atoms with Crippen molar-refractivity contribution in [1.29, 1.82) is 0 Å². The van der Waals surface area contributed by atoms with Gasteiger partial charge in [-0.1, -0.05) is 31.2 Å². The summed E-state index contributed by atoms with van der Waals surface area (Å²) >= 11 is 0. The summed E-state index contributed by atoms with van der Waals surface area (Å²) in [7, 11) is -5.53. The molecule has 2 aromatic carbocycles. The minimum absolute atomic E-state index is 0.162. The summed E-state index contributed by atoms with van der Waals surface area (Å²) in [5, 5.41) is 0. The van der Waals surface area contributed by atoms with E-state index in [4.69, 9.17) is 17.7 Å². The van der Waals surface area contributed by atoms with Crippen LogP contribution in [0.25, 0.3) is 0 Å². The van der Waals surface area contributed by atoms with Gasteiger partial charge in [0.05, 0.1) is 7.11 Å². The van der Waals surface area contributed by atoms with Gasteiger partial charge < -0.3 is 17.7 Å². The van der Waals surface area contributed by atoms with Crippen LogP contribution in [0.3, 0.4) is 0 Å². The molecule has 0 heterocycles. The first kappa shape index (κ1) is 32.7. The first-order chi connectivity index (χ1) is 17.2. The highest BCUT2D eigenvalue weighted by Crippen LogP contribution is 2.34. The first-order valence-corrected chi connectivity index (χ1v) is 26.6. The van der Waals surface area contributed by atoms with Crippen molar-refractivity contribution in [3.8, 4) is 11.5 Å². The van der Waals surface area contributed by atoms with Gasteiger partial charge in [0.15, 0.2) is 33.3 Å². The molecule has 0 spiro atoms. The van der Waals surface area contributed by atoms with Crippen LogP contribution in [0.4, 0.5) is 0 Å². The number of hydrogen-bond donors (Lipinski definition) is 0. The maximum Gasteiger partial charge on any atom is 0.308 e. The molecule has 0 bridgehead atoms. The van der Waals surface area contributed by atoms with Gasteiger partial charge in [0.1, 0.15) is 11.5 Å². The largest absolute Gasteiger partial charge is 0.496 e. The normalized spacial score (nSPS) is 13.8. The fraction of sp³-hybridized carbons (Fsp3) is 0.552. The number of benzene rings is 2. The van der Waals surface area contributed by atoms with Crippen molar-refractivity contribution < 1.29 is 22.5 Å². The Bertz CT molecular complexity index is 1120. The van der Waals surface area contributed by atoms with Crippen LogP contribution in [0.15, 0.2) is 36.4 Å². The molecule has 0 saturated heterocycles. The molecule has 1 unspecified atom stereocenters. The van der Waals surface area contributed by atoms with Crippen molar-refractivity contribution in [3.63, 3.8) is 0 Å². The Labute approximate surface area is 235 Å². The van der Waals surface area contributed by atoms with Crippen molar-refractivity contribution >= 4 is 39.2 Å². The van der Waals surface area contributed by atoms with Gasteiger partial charge in [-0.2, -0.15) is 0 Å². The maximum atomic E-state index is 11.8. The third kappa shape index (κ3) is 10.6. The summed E-state index contributed by atoms with van der Waals surface area (Å²) in [6, 6.07) is 14.5. The predicted molar refractivity (Wildman–Crippen MR) is 169 cm³/mol. The van der Waals surface area contributed by atoms with Crippen LogP contribution in [0.2, 0.25) is 65.5 Å². The Morgan fingerprint density at radius 2 is 1.11 bits per heavy atom. The van der Waals surface area contributed by atoms with Gasteiger partial charge in [-0.15, -0.1) is 0 Å². The second kappa shape index (κ2) is 12.3. The lowest BCUT2D eigenvalue weighted by atomic mass is 9.91. The first-order valence-electron chi connectivity index (χ1n) is 13.6. The lowest BCUT2D eigenvalue weighted by Gasteiger charge is -2.32. The minimum atomic E-state index is -2.02. The number of carbonyl (C=O) groups excluding carboxylic acids is 1. The van der Waals surface area contributed by atoms with E-state index in [-0.39, 0.29) is 11.9 Å². The van der Waals surface area contributed by atoms with Crippen molar-refractivity contribution in [3.05, 3.63) is 58.7 Å². The van der Waals surface area contributed by atoms with Crippen LogP contribution >= 0.6 is 0 Å². The van der Waals surface area contributed by atoms with Crippen molar-refractivity contribution in [2.45, 2.75) is 97.3 Å². The summed E-state index contributed by atoms with van der Waals surface area (Å²) in [5.41, 5.74) is 4.69. The van der Waals surface area contributed by atoms with Gasteiger partial charge in [0.25, 0.3) is 0 Å². The Kier molecular flexibility index (Phi) is 10.6. The standard InChI is InChI=1S/C29H50O5Si4/c1-22(24-14-16-28(31-3)26(18-24)20-37(10,11)33-35(4,5)6)25-15-17-29(32-23(2)30)27(19-25)21-38(12,13)34-36(7,8)9/h14-19,22H,20-21H2,1-13H3. The molecule has 0 radical (unpaired) electrons. The molecule has 0 aliphatic carbocycles. The summed E-state index contributed by atoms with van der Waals surface area (Å²) < 4.78 is 24.6. The molecule has 0 aliphatic heterocycles. The number of ether oxygens (including phenoxy) is 2. The zero-order valence-electron chi connectivity index (χ0n) is 26.0. The Hall–Kier alpha value is -1.50. The molecule has 2 aromatic rings. The molecule has 2 rings (SSSR count). The lowest BCUT2D eigenvalue weighted by Crippen LogP contribution is -2.44.